The van der Waals surface area contributed by atoms with Crippen LogP contribution in [-0.2, 0) is 9.47 Å². The lowest BCUT2D eigenvalue weighted by molar-refractivity contribution is -0.0914. The number of ether oxygens (including phenoxy) is 2. The van der Waals surface area contributed by atoms with Gasteiger partial charge in [0.25, 0.3) is 0 Å². The van der Waals surface area contributed by atoms with Gasteiger partial charge < -0.3 is 14.8 Å². The zero-order chi connectivity index (χ0) is 11.3. The second-order valence-corrected chi connectivity index (χ2v) is 3.77. The molecule has 0 radical (unpaired) electrons. The molecule has 0 aliphatic carbocycles. The Kier molecular flexibility index (Phi) is 5.01. The van der Waals surface area contributed by atoms with Crippen molar-refractivity contribution < 1.29 is 13.9 Å². The van der Waals surface area contributed by atoms with Crippen molar-refractivity contribution in [2.75, 3.05) is 26.1 Å². The fourth-order valence-electron chi connectivity index (χ4n) is 1.07. The third-order valence-electron chi connectivity index (χ3n) is 1.92. The van der Waals surface area contributed by atoms with Crippen LogP contribution in [0.2, 0.25) is 0 Å². The molecular formula is C10H13BrFNO2. The summed E-state index contributed by atoms with van der Waals surface area (Å²) in [5.74, 6) is -0.300. The summed E-state index contributed by atoms with van der Waals surface area (Å²) < 4.78 is 23.5. The molecule has 0 unspecified atom stereocenters. The molecule has 3 nitrogen and oxygen atoms in total. The molecule has 5 heteroatoms. The maximum absolute atomic E-state index is 13.1. The first-order chi connectivity index (χ1) is 7.17. The van der Waals surface area contributed by atoms with Gasteiger partial charge in [0.2, 0.25) is 0 Å². The second kappa shape index (κ2) is 6.05. The van der Waals surface area contributed by atoms with Crippen molar-refractivity contribution in [2.24, 2.45) is 0 Å². The number of hydrogen-bond acceptors (Lipinski definition) is 3. The van der Waals surface area contributed by atoms with E-state index in [1.165, 1.54) is 6.07 Å². The van der Waals surface area contributed by atoms with Crippen LogP contribution < -0.4 is 5.32 Å². The number of benzene rings is 1. The highest BCUT2D eigenvalue weighted by Crippen LogP contribution is 2.19. The van der Waals surface area contributed by atoms with Crippen LogP contribution in [-0.4, -0.2) is 27.1 Å². The SMILES string of the molecule is COC(CNc1ccc(Br)c(F)c1)OC. The van der Waals surface area contributed by atoms with E-state index in [0.717, 1.165) is 0 Å². The van der Waals surface area contributed by atoms with Crippen LogP contribution in [0.5, 0.6) is 0 Å². The van der Waals surface area contributed by atoms with Gasteiger partial charge >= 0.3 is 0 Å². The van der Waals surface area contributed by atoms with Crippen molar-refractivity contribution in [3.63, 3.8) is 0 Å². The summed E-state index contributed by atoms with van der Waals surface area (Å²) >= 11 is 3.08. The van der Waals surface area contributed by atoms with Gasteiger partial charge in [-0.25, -0.2) is 4.39 Å². The zero-order valence-electron chi connectivity index (χ0n) is 8.59. The number of hydrogen-bond donors (Lipinski definition) is 1. The second-order valence-electron chi connectivity index (χ2n) is 2.91. The highest BCUT2D eigenvalue weighted by Gasteiger charge is 2.05. The number of anilines is 1. The minimum Gasteiger partial charge on any atom is -0.380 e. The van der Waals surface area contributed by atoms with Crippen LogP contribution >= 0.6 is 15.9 Å². The Morgan fingerprint density at radius 1 is 1.40 bits per heavy atom. The van der Waals surface area contributed by atoms with Gasteiger partial charge in [-0.15, -0.1) is 0 Å². The van der Waals surface area contributed by atoms with Crippen LogP contribution in [0.25, 0.3) is 0 Å². The first-order valence-electron chi connectivity index (χ1n) is 4.42. The van der Waals surface area contributed by atoms with Crippen molar-refractivity contribution in [2.45, 2.75) is 6.29 Å². The molecule has 0 saturated heterocycles. The van der Waals surface area contributed by atoms with E-state index in [1.54, 1.807) is 26.4 Å². The topological polar surface area (TPSA) is 30.5 Å². The summed E-state index contributed by atoms with van der Waals surface area (Å²) in [6, 6.07) is 4.83. The van der Waals surface area contributed by atoms with E-state index in [-0.39, 0.29) is 12.1 Å². The van der Waals surface area contributed by atoms with Gasteiger partial charge in [0.15, 0.2) is 6.29 Å². The lowest BCUT2D eigenvalue weighted by Gasteiger charge is -2.14. The molecule has 0 heterocycles. The van der Waals surface area contributed by atoms with Crippen molar-refractivity contribution in [3.05, 3.63) is 28.5 Å². The van der Waals surface area contributed by atoms with Gasteiger partial charge in [0.1, 0.15) is 5.82 Å². The molecule has 1 rings (SSSR count). The molecule has 0 amide bonds. The summed E-state index contributed by atoms with van der Waals surface area (Å²) in [6.07, 6.45) is -0.336. The van der Waals surface area contributed by atoms with E-state index in [2.05, 4.69) is 21.2 Å². The van der Waals surface area contributed by atoms with E-state index in [9.17, 15) is 4.39 Å². The highest BCUT2D eigenvalue weighted by molar-refractivity contribution is 9.10. The molecule has 1 aromatic carbocycles. The smallest absolute Gasteiger partial charge is 0.173 e. The van der Waals surface area contributed by atoms with E-state index in [0.29, 0.717) is 16.7 Å². The summed E-state index contributed by atoms with van der Waals surface area (Å²) in [5.41, 5.74) is 0.690. The molecule has 1 N–H and O–H groups in total. The minimum absolute atomic E-state index is 0.300. The lowest BCUT2D eigenvalue weighted by atomic mass is 10.3. The van der Waals surface area contributed by atoms with Crippen molar-refractivity contribution >= 4 is 21.6 Å². The normalized spacial score (nSPS) is 10.7. The van der Waals surface area contributed by atoms with Crippen LogP contribution in [0.15, 0.2) is 22.7 Å². The summed E-state index contributed by atoms with van der Waals surface area (Å²) in [6.45, 7) is 0.466. The maximum atomic E-state index is 13.1. The molecule has 84 valence electrons. The van der Waals surface area contributed by atoms with Gasteiger partial charge in [-0.3, -0.25) is 0 Å². The van der Waals surface area contributed by atoms with Crippen LogP contribution in [0.4, 0.5) is 10.1 Å². The summed E-state index contributed by atoms with van der Waals surface area (Å²) in [5, 5.41) is 3.00. The van der Waals surface area contributed by atoms with Gasteiger partial charge in [-0.1, -0.05) is 0 Å². The van der Waals surface area contributed by atoms with Crippen LogP contribution in [0.1, 0.15) is 0 Å². The van der Waals surface area contributed by atoms with Crippen LogP contribution in [0.3, 0.4) is 0 Å². The number of halogens is 2. The predicted octanol–water partition coefficient (Wildman–Crippen LogP) is 2.62. The maximum Gasteiger partial charge on any atom is 0.173 e. The van der Waals surface area contributed by atoms with Gasteiger partial charge in [-0.2, -0.15) is 0 Å². The Morgan fingerprint density at radius 3 is 2.60 bits per heavy atom. The molecule has 1 aromatic rings. The highest BCUT2D eigenvalue weighted by atomic mass is 79.9. The minimum atomic E-state index is -0.336. The van der Waals surface area contributed by atoms with E-state index in [4.69, 9.17) is 9.47 Å². The molecule has 0 aromatic heterocycles. The van der Waals surface area contributed by atoms with E-state index in [1.807, 2.05) is 0 Å². The third-order valence-corrected chi connectivity index (χ3v) is 2.56. The number of methoxy groups -OCH3 is 2. The fourth-order valence-corrected chi connectivity index (χ4v) is 1.32. The molecule has 15 heavy (non-hydrogen) atoms. The quantitative estimate of drug-likeness (QED) is 0.840. The average molecular weight is 278 g/mol. The monoisotopic (exact) mass is 277 g/mol. The first-order valence-corrected chi connectivity index (χ1v) is 5.21. The molecule has 0 spiro atoms. The fraction of sp³-hybridized carbons (Fsp3) is 0.400. The number of nitrogens with one attached hydrogen (secondary N) is 1. The standard InChI is InChI=1S/C10H13BrFNO2/c1-14-10(15-2)6-13-7-3-4-8(11)9(12)5-7/h3-5,10,13H,6H2,1-2H3. The van der Waals surface area contributed by atoms with E-state index >= 15 is 0 Å². The summed E-state index contributed by atoms with van der Waals surface area (Å²) in [7, 11) is 3.11. The van der Waals surface area contributed by atoms with Crippen LogP contribution in [0, 0.1) is 5.82 Å². The molecule has 0 aliphatic rings. The average Bonchev–Trinajstić information content (AvgIpc) is 2.24. The number of rotatable bonds is 5. The largest absolute Gasteiger partial charge is 0.380 e. The van der Waals surface area contributed by atoms with Gasteiger partial charge in [0.05, 0.1) is 11.0 Å². The molecule has 0 aliphatic heterocycles. The molecule has 0 bridgehead atoms. The first kappa shape index (κ1) is 12.4. The Bertz CT molecular complexity index is 318. The predicted molar refractivity (Wildman–Crippen MR) is 60.4 cm³/mol. The van der Waals surface area contributed by atoms with Crippen molar-refractivity contribution in [1.82, 2.24) is 0 Å². The third kappa shape index (κ3) is 3.77. The zero-order valence-corrected chi connectivity index (χ0v) is 10.2. The Hall–Kier alpha value is -0.650. The van der Waals surface area contributed by atoms with E-state index < -0.39 is 0 Å². The summed E-state index contributed by atoms with van der Waals surface area (Å²) in [4.78, 5) is 0. The van der Waals surface area contributed by atoms with Gasteiger partial charge in [-0.05, 0) is 34.1 Å². The molecule has 0 saturated carbocycles. The lowest BCUT2D eigenvalue weighted by Crippen LogP contribution is -2.23. The van der Waals surface area contributed by atoms with Crippen molar-refractivity contribution in [3.8, 4) is 0 Å². The molecular weight excluding hydrogens is 265 g/mol. The van der Waals surface area contributed by atoms with Gasteiger partial charge in [0, 0.05) is 19.9 Å². The molecule has 0 fully saturated rings. The molecule has 0 atom stereocenters. The van der Waals surface area contributed by atoms with Crippen molar-refractivity contribution in [1.29, 1.82) is 0 Å². The Morgan fingerprint density at radius 2 is 2.07 bits per heavy atom. The Balaban J connectivity index is 2.54. The Labute approximate surface area is 96.7 Å².